The van der Waals surface area contributed by atoms with Crippen molar-refractivity contribution in [2.24, 2.45) is 11.7 Å². The Hall–Kier alpha value is -3.74. The van der Waals surface area contributed by atoms with Crippen LogP contribution in [0.25, 0.3) is 11.3 Å². The average molecular weight is 373 g/mol. The molecule has 3 aromatic rings. The number of rotatable bonds is 5. The van der Waals surface area contributed by atoms with Gasteiger partial charge in [0.1, 0.15) is 12.1 Å². The minimum absolute atomic E-state index is 0.137. The van der Waals surface area contributed by atoms with Gasteiger partial charge < -0.3 is 16.0 Å². The number of primary amides is 1. The molecule has 0 saturated carbocycles. The Morgan fingerprint density at radius 1 is 1.00 bits per heavy atom. The summed E-state index contributed by atoms with van der Waals surface area (Å²) in [5, 5.41) is 2.80. The second kappa shape index (κ2) is 7.48. The zero-order valence-electron chi connectivity index (χ0n) is 15.1. The summed E-state index contributed by atoms with van der Waals surface area (Å²) in [6.45, 7) is 1.10. The molecule has 2 aromatic carbocycles. The molecule has 7 nitrogen and oxygen atoms in total. The van der Waals surface area contributed by atoms with Crippen molar-refractivity contribution in [3.05, 3.63) is 72.6 Å². The molecule has 28 heavy (non-hydrogen) atoms. The summed E-state index contributed by atoms with van der Waals surface area (Å²) < 4.78 is 0. The summed E-state index contributed by atoms with van der Waals surface area (Å²) in [6, 6.07) is 18.5. The fraction of sp³-hybridized carbons (Fsp3) is 0.143. The van der Waals surface area contributed by atoms with E-state index in [-0.39, 0.29) is 11.8 Å². The summed E-state index contributed by atoms with van der Waals surface area (Å²) in [7, 11) is 0. The Balaban J connectivity index is 1.41. The Labute approximate surface area is 162 Å². The van der Waals surface area contributed by atoms with Crippen LogP contribution in [-0.2, 0) is 4.79 Å². The van der Waals surface area contributed by atoms with Gasteiger partial charge in [-0.1, -0.05) is 42.5 Å². The van der Waals surface area contributed by atoms with Crippen LogP contribution in [0.3, 0.4) is 0 Å². The number of carbonyl (C=O) groups is 2. The van der Waals surface area contributed by atoms with Crippen molar-refractivity contribution >= 4 is 23.3 Å². The SMILES string of the molecule is NC(=O)c1ccccc1NC(=O)C1CN(c2cc(-c3ccccc3)ncn2)C1. The van der Waals surface area contributed by atoms with Gasteiger partial charge in [-0.25, -0.2) is 9.97 Å². The van der Waals surface area contributed by atoms with Gasteiger partial charge in [0.25, 0.3) is 5.91 Å². The van der Waals surface area contributed by atoms with Crippen LogP contribution in [0.4, 0.5) is 11.5 Å². The van der Waals surface area contributed by atoms with Crippen molar-refractivity contribution in [2.45, 2.75) is 0 Å². The van der Waals surface area contributed by atoms with E-state index in [4.69, 9.17) is 5.73 Å². The predicted octanol–water partition coefficient (Wildman–Crippen LogP) is 2.32. The van der Waals surface area contributed by atoms with Gasteiger partial charge >= 0.3 is 0 Å². The number of hydrogen-bond acceptors (Lipinski definition) is 5. The number of nitrogens with two attached hydrogens (primary N) is 1. The molecule has 1 saturated heterocycles. The van der Waals surface area contributed by atoms with Crippen molar-refractivity contribution in [1.29, 1.82) is 0 Å². The highest BCUT2D eigenvalue weighted by atomic mass is 16.2. The summed E-state index contributed by atoms with van der Waals surface area (Å²) in [6.07, 6.45) is 1.54. The number of nitrogens with one attached hydrogen (secondary N) is 1. The third-order valence-corrected chi connectivity index (χ3v) is 4.75. The van der Waals surface area contributed by atoms with E-state index in [0.717, 1.165) is 17.1 Å². The smallest absolute Gasteiger partial charge is 0.250 e. The quantitative estimate of drug-likeness (QED) is 0.715. The summed E-state index contributed by atoms with van der Waals surface area (Å²) >= 11 is 0. The lowest BCUT2D eigenvalue weighted by Crippen LogP contribution is -2.52. The molecule has 1 fully saturated rings. The van der Waals surface area contributed by atoms with E-state index in [1.54, 1.807) is 24.3 Å². The Morgan fingerprint density at radius 2 is 1.71 bits per heavy atom. The molecule has 7 heteroatoms. The first-order valence-electron chi connectivity index (χ1n) is 8.94. The fourth-order valence-electron chi connectivity index (χ4n) is 3.16. The van der Waals surface area contributed by atoms with E-state index < -0.39 is 5.91 Å². The third kappa shape index (κ3) is 3.55. The van der Waals surface area contributed by atoms with E-state index in [2.05, 4.69) is 15.3 Å². The minimum atomic E-state index is -0.569. The Kier molecular flexibility index (Phi) is 4.72. The molecule has 0 aliphatic carbocycles. The van der Waals surface area contributed by atoms with Crippen LogP contribution in [0.2, 0.25) is 0 Å². The van der Waals surface area contributed by atoms with Crippen LogP contribution in [0, 0.1) is 5.92 Å². The number of para-hydroxylation sites is 1. The van der Waals surface area contributed by atoms with Gasteiger partial charge in [0.05, 0.1) is 22.9 Å². The number of aromatic nitrogens is 2. The highest BCUT2D eigenvalue weighted by Gasteiger charge is 2.34. The number of benzene rings is 2. The number of carbonyl (C=O) groups excluding carboxylic acids is 2. The van der Waals surface area contributed by atoms with Crippen LogP contribution in [0.1, 0.15) is 10.4 Å². The molecule has 0 unspecified atom stereocenters. The normalized spacial score (nSPS) is 13.6. The zero-order chi connectivity index (χ0) is 19.5. The lowest BCUT2D eigenvalue weighted by atomic mass is 9.98. The maximum absolute atomic E-state index is 12.5. The first-order valence-corrected chi connectivity index (χ1v) is 8.94. The molecule has 0 atom stereocenters. The van der Waals surface area contributed by atoms with Crippen molar-refractivity contribution in [2.75, 3.05) is 23.3 Å². The van der Waals surface area contributed by atoms with E-state index in [1.807, 2.05) is 41.3 Å². The van der Waals surface area contributed by atoms with Gasteiger partial charge in [0.15, 0.2) is 0 Å². The van der Waals surface area contributed by atoms with E-state index in [0.29, 0.717) is 24.3 Å². The van der Waals surface area contributed by atoms with E-state index >= 15 is 0 Å². The second-order valence-corrected chi connectivity index (χ2v) is 6.63. The van der Waals surface area contributed by atoms with Gasteiger partial charge in [-0.05, 0) is 12.1 Å². The first-order chi connectivity index (χ1) is 13.6. The lowest BCUT2D eigenvalue weighted by Gasteiger charge is -2.39. The van der Waals surface area contributed by atoms with Crippen molar-refractivity contribution in [3.63, 3.8) is 0 Å². The molecule has 1 aromatic heterocycles. The maximum atomic E-state index is 12.5. The van der Waals surface area contributed by atoms with Crippen molar-refractivity contribution in [1.82, 2.24) is 9.97 Å². The van der Waals surface area contributed by atoms with Gasteiger partial charge in [-0.3, -0.25) is 9.59 Å². The standard InChI is InChI=1S/C21H19N5O2/c22-20(27)16-8-4-5-9-17(16)25-21(28)15-11-26(12-15)19-10-18(23-13-24-19)14-6-2-1-3-7-14/h1-10,13,15H,11-12H2,(H2,22,27)(H,25,28). The Morgan fingerprint density at radius 3 is 2.46 bits per heavy atom. The van der Waals surface area contributed by atoms with Crippen LogP contribution in [-0.4, -0.2) is 34.9 Å². The van der Waals surface area contributed by atoms with E-state index in [1.165, 1.54) is 6.33 Å². The molecule has 0 spiro atoms. The van der Waals surface area contributed by atoms with Crippen LogP contribution >= 0.6 is 0 Å². The molecule has 2 heterocycles. The van der Waals surface area contributed by atoms with Crippen molar-refractivity contribution in [3.8, 4) is 11.3 Å². The van der Waals surface area contributed by atoms with Crippen LogP contribution in [0.15, 0.2) is 67.0 Å². The van der Waals surface area contributed by atoms with Gasteiger partial charge in [0, 0.05) is 24.7 Å². The van der Waals surface area contributed by atoms with Gasteiger partial charge in [0.2, 0.25) is 5.91 Å². The predicted molar refractivity (Wildman–Crippen MR) is 107 cm³/mol. The van der Waals surface area contributed by atoms with Gasteiger partial charge in [-0.2, -0.15) is 0 Å². The molecular weight excluding hydrogens is 354 g/mol. The first kappa shape index (κ1) is 17.7. The highest BCUT2D eigenvalue weighted by Crippen LogP contribution is 2.27. The molecular formula is C21H19N5O2. The van der Waals surface area contributed by atoms with Gasteiger partial charge in [-0.15, -0.1) is 0 Å². The molecule has 140 valence electrons. The average Bonchev–Trinajstić information content (AvgIpc) is 2.68. The van der Waals surface area contributed by atoms with E-state index in [9.17, 15) is 9.59 Å². The third-order valence-electron chi connectivity index (χ3n) is 4.75. The Bertz CT molecular complexity index is 1020. The van der Waals surface area contributed by atoms with Crippen LogP contribution in [0.5, 0.6) is 0 Å². The highest BCUT2D eigenvalue weighted by molar-refractivity contribution is 6.03. The zero-order valence-corrected chi connectivity index (χ0v) is 15.1. The van der Waals surface area contributed by atoms with Crippen LogP contribution < -0.4 is 16.0 Å². The number of nitrogens with zero attached hydrogens (tertiary/aromatic N) is 3. The summed E-state index contributed by atoms with van der Waals surface area (Å²) in [5.41, 5.74) is 7.96. The maximum Gasteiger partial charge on any atom is 0.250 e. The molecule has 4 rings (SSSR count). The number of anilines is 2. The minimum Gasteiger partial charge on any atom is -0.366 e. The van der Waals surface area contributed by atoms with Crippen molar-refractivity contribution < 1.29 is 9.59 Å². The lowest BCUT2D eigenvalue weighted by molar-refractivity contribution is -0.120. The molecule has 0 bridgehead atoms. The second-order valence-electron chi connectivity index (χ2n) is 6.63. The number of amides is 2. The molecule has 0 radical (unpaired) electrons. The summed E-state index contributed by atoms with van der Waals surface area (Å²) in [4.78, 5) is 34.7. The summed E-state index contributed by atoms with van der Waals surface area (Å²) in [5.74, 6) is -0.102. The molecule has 1 aliphatic heterocycles. The monoisotopic (exact) mass is 373 g/mol. The fourth-order valence-corrected chi connectivity index (χ4v) is 3.16. The molecule has 1 aliphatic rings. The number of hydrogen-bond donors (Lipinski definition) is 2. The topological polar surface area (TPSA) is 101 Å². The molecule has 3 N–H and O–H groups in total. The molecule has 2 amide bonds. The largest absolute Gasteiger partial charge is 0.366 e.